The summed E-state index contributed by atoms with van der Waals surface area (Å²) in [6.07, 6.45) is -5.08. The normalized spacial score (nSPS) is 11.8. The summed E-state index contributed by atoms with van der Waals surface area (Å²) >= 11 is 5.85. The Morgan fingerprint density at radius 2 is 1.70 bits per heavy atom. The molecule has 12 nitrogen and oxygen atoms in total. The predicted molar refractivity (Wildman–Crippen MR) is 156 cm³/mol. The van der Waals surface area contributed by atoms with Gasteiger partial charge in [-0.05, 0) is 56.4 Å². The van der Waals surface area contributed by atoms with Crippen LogP contribution in [0.25, 0.3) is 22.4 Å². The molecule has 0 atom stereocenters. The third-order valence-electron chi connectivity index (χ3n) is 6.06. The number of rotatable bonds is 10. The number of alkyl halides is 3. The maximum absolute atomic E-state index is 14.1. The second kappa shape index (κ2) is 14.1. The largest absolute Gasteiger partial charge is 0.490 e. The molecule has 0 saturated heterocycles. The molecule has 18 heteroatoms. The van der Waals surface area contributed by atoms with E-state index in [1.807, 2.05) is 30.8 Å². The van der Waals surface area contributed by atoms with Crippen LogP contribution in [0, 0.1) is 12.7 Å². The van der Waals surface area contributed by atoms with E-state index >= 15 is 0 Å². The number of H-pyrrole nitrogens is 1. The smallest absolute Gasteiger partial charge is 0.475 e. The Morgan fingerprint density at radius 3 is 2.30 bits per heavy atom. The highest BCUT2D eigenvalue weighted by Gasteiger charge is 2.38. The van der Waals surface area contributed by atoms with E-state index in [4.69, 9.17) is 31.6 Å². The van der Waals surface area contributed by atoms with Crippen molar-refractivity contribution in [1.82, 2.24) is 25.1 Å². The minimum atomic E-state index is -5.08. The molecule has 0 aliphatic carbocycles. The molecule has 0 spiro atoms. The molecule has 4 N–H and O–H groups in total. The van der Waals surface area contributed by atoms with Gasteiger partial charge < -0.3 is 20.0 Å². The van der Waals surface area contributed by atoms with E-state index in [1.165, 1.54) is 6.07 Å². The van der Waals surface area contributed by atoms with Crippen molar-refractivity contribution in [3.63, 3.8) is 0 Å². The molecule has 0 radical (unpaired) electrons. The Balaban J connectivity index is 0.000000676. The molecular formula is C26H28ClF4N7O5S. The van der Waals surface area contributed by atoms with Crippen molar-refractivity contribution >= 4 is 50.1 Å². The van der Waals surface area contributed by atoms with E-state index in [2.05, 4.69) is 19.9 Å². The fourth-order valence-electron chi connectivity index (χ4n) is 3.74. The van der Waals surface area contributed by atoms with Gasteiger partial charge in [-0.25, -0.2) is 27.6 Å². The summed E-state index contributed by atoms with van der Waals surface area (Å²) in [7, 11) is -0.323. The number of fused-ring (bicyclic) bond motifs is 1. The standard InChI is InChI=1S/C24H27ClFN7O3S.C2HF3O2/c1-15-21-23(30-29-15)27-22(28-24(21)33(3)11-10-32(2)12-13-34)16-4-7-18(8-5-16)31-37(35,36)20-14-17(25)6-9-19(20)26;3-2(4,5)1(6)7/h4-9,14,31,34H,10-13H2,1-3H3,(H,27,28,29,30);(H,6,7). The zero-order chi connectivity index (χ0) is 32.8. The van der Waals surface area contributed by atoms with Gasteiger partial charge in [-0.15, -0.1) is 0 Å². The first-order valence-corrected chi connectivity index (χ1v) is 14.5. The van der Waals surface area contributed by atoms with Crippen molar-refractivity contribution in [1.29, 1.82) is 0 Å². The van der Waals surface area contributed by atoms with Gasteiger partial charge in [0, 0.05) is 48.6 Å². The first kappa shape index (κ1) is 34.4. The molecule has 4 rings (SSSR count). The maximum atomic E-state index is 14.1. The lowest BCUT2D eigenvalue weighted by atomic mass is 10.2. The lowest BCUT2D eigenvalue weighted by molar-refractivity contribution is -0.192. The van der Waals surface area contributed by atoms with E-state index in [0.29, 0.717) is 35.9 Å². The van der Waals surface area contributed by atoms with E-state index in [0.717, 1.165) is 29.8 Å². The van der Waals surface area contributed by atoms with Crippen LogP contribution in [0.3, 0.4) is 0 Å². The number of aryl methyl sites for hydroxylation is 1. The fourth-order valence-corrected chi connectivity index (χ4v) is 5.14. The number of hydrogen-bond acceptors (Lipinski definition) is 9. The van der Waals surface area contributed by atoms with Crippen LogP contribution >= 0.6 is 11.6 Å². The van der Waals surface area contributed by atoms with Crippen LogP contribution in [0.1, 0.15) is 5.69 Å². The lowest BCUT2D eigenvalue weighted by Crippen LogP contribution is -2.32. The summed E-state index contributed by atoms with van der Waals surface area (Å²) in [6, 6.07) is 9.78. The molecule has 0 fully saturated rings. The number of carboxylic acids is 1. The number of aliphatic carboxylic acids is 1. The predicted octanol–water partition coefficient (Wildman–Crippen LogP) is 3.92. The van der Waals surface area contributed by atoms with Crippen molar-refractivity contribution in [3.05, 3.63) is 59.0 Å². The molecule has 44 heavy (non-hydrogen) atoms. The maximum Gasteiger partial charge on any atom is 0.490 e. The summed E-state index contributed by atoms with van der Waals surface area (Å²) in [5.74, 6) is -2.54. The first-order valence-electron chi connectivity index (χ1n) is 12.6. The third kappa shape index (κ3) is 8.75. The average molecular weight is 662 g/mol. The highest BCUT2D eigenvalue weighted by atomic mass is 35.5. The molecule has 2 aromatic carbocycles. The number of nitrogens with one attached hydrogen (secondary N) is 2. The summed E-state index contributed by atoms with van der Waals surface area (Å²) in [6.45, 7) is 3.94. The number of benzene rings is 2. The molecule has 0 aliphatic rings. The number of nitrogens with zero attached hydrogens (tertiary/aromatic N) is 5. The summed E-state index contributed by atoms with van der Waals surface area (Å²) in [5.41, 5.74) is 2.23. The van der Waals surface area contributed by atoms with Gasteiger partial charge in [0.25, 0.3) is 10.0 Å². The monoisotopic (exact) mass is 661 g/mol. The highest BCUT2D eigenvalue weighted by molar-refractivity contribution is 7.92. The van der Waals surface area contributed by atoms with Crippen molar-refractivity contribution in [2.24, 2.45) is 0 Å². The lowest BCUT2D eigenvalue weighted by Gasteiger charge is -2.23. The number of aliphatic hydroxyl groups excluding tert-OH is 1. The highest BCUT2D eigenvalue weighted by Crippen LogP contribution is 2.29. The Labute approximate surface area is 254 Å². The molecule has 0 aliphatic heterocycles. The van der Waals surface area contributed by atoms with Gasteiger partial charge in [0.2, 0.25) is 0 Å². The fraction of sp³-hybridized carbons (Fsp3) is 0.308. The molecule has 238 valence electrons. The molecular weight excluding hydrogens is 634 g/mol. The molecule has 0 saturated carbocycles. The number of halogens is 5. The Morgan fingerprint density at radius 1 is 1.07 bits per heavy atom. The molecule has 0 unspecified atom stereocenters. The zero-order valence-electron chi connectivity index (χ0n) is 23.5. The van der Waals surface area contributed by atoms with Gasteiger partial charge in [-0.2, -0.15) is 18.3 Å². The van der Waals surface area contributed by atoms with Gasteiger partial charge in [0.15, 0.2) is 11.5 Å². The number of hydrogen-bond donors (Lipinski definition) is 4. The van der Waals surface area contributed by atoms with E-state index in [-0.39, 0.29) is 17.3 Å². The van der Waals surface area contributed by atoms with Crippen molar-refractivity contribution in [2.45, 2.75) is 18.0 Å². The SMILES string of the molecule is Cc1[nH]nc2nc(-c3ccc(NS(=O)(=O)c4cc(Cl)ccc4F)cc3)nc(N(C)CCN(C)CCO)c12.O=C(O)C(F)(F)F. The number of sulfonamides is 1. The van der Waals surface area contributed by atoms with E-state index in [1.54, 1.807) is 24.3 Å². The Hall–Kier alpha value is -4.06. The van der Waals surface area contributed by atoms with Crippen LogP contribution in [-0.2, 0) is 14.8 Å². The Kier molecular flexibility index (Phi) is 11.1. The van der Waals surface area contributed by atoms with Crippen LogP contribution < -0.4 is 9.62 Å². The second-order valence-corrected chi connectivity index (χ2v) is 11.5. The zero-order valence-corrected chi connectivity index (χ0v) is 25.1. The van der Waals surface area contributed by atoms with E-state index in [9.17, 15) is 26.0 Å². The van der Waals surface area contributed by atoms with Gasteiger partial charge in [-0.1, -0.05) is 11.6 Å². The third-order valence-corrected chi connectivity index (χ3v) is 7.69. The van der Waals surface area contributed by atoms with Gasteiger partial charge in [-0.3, -0.25) is 9.82 Å². The topological polar surface area (TPSA) is 165 Å². The van der Waals surface area contributed by atoms with E-state index < -0.39 is 32.9 Å². The van der Waals surface area contributed by atoms with Crippen LogP contribution in [0.2, 0.25) is 5.02 Å². The van der Waals surface area contributed by atoms with Crippen LogP contribution in [-0.4, -0.2) is 96.2 Å². The average Bonchev–Trinajstić information content (AvgIpc) is 3.33. The molecule has 4 aromatic rings. The van der Waals surface area contributed by atoms with Crippen LogP contribution in [0.4, 0.5) is 29.1 Å². The summed E-state index contributed by atoms with van der Waals surface area (Å²) in [5, 5.41) is 24.4. The minimum absolute atomic E-state index is 0.0865. The number of likely N-dealkylation sites (N-methyl/N-ethyl adjacent to an activating group) is 2. The number of aliphatic hydroxyl groups is 1. The quantitative estimate of drug-likeness (QED) is 0.183. The molecule has 0 bridgehead atoms. The summed E-state index contributed by atoms with van der Waals surface area (Å²) < 4.78 is 73.6. The molecule has 0 amide bonds. The number of anilines is 2. The number of carboxylic acid groups (broad SMARTS) is 1. The second-order valence-electron chi connectivity index (χ2n) is 9.43. The van der Waals surface area contributed by atoms with Gasteiger partial charge in [0.1, 0.15) is 16.5 Å². The van der Waals surface area contributed by atoms with Gasteiger partial charge in [0.05, 0.1) is 12.0 Å². The first-order chi connectivity index (χ1) is 20.5. The number of aromatic nitrogens is 4. The summed E-state index contributed by atoms with van der Waals surface area (Å²) in [4.78, 5) is 21.8. The Bertz CT molecular complexity index is 1720. The number of carbonyl (C=O) groups is 1. The van der Waals surface area contributed by atoms with Crippen molar-refractivity contribution in [3.8, 4) is 11.4 Å². The minimum Gasteiger partial charge on any atom is -0.475 e. The molecule has 2 aromatic heterocycles. The van der Waals surface area contributed by atoms with Crippen LogP contribution in [0.5, 0.6) is 0 Å². The molecule has 2 heterocycles. The van der Waals surface area contributed by atoms with Gasteiger partial charge >= 0.3 is 12.1 Å². The van der Waals surface area contributed by atoms with Crippen molar-refractivity contribution < 1.29 is 41.0 Å². The van der Waals surface area contributed by atoms with Crippen molar-refractivity contribution in [2.75, 3.05) is 50.0 Å². The van der Waals surface area contributed by atoms with Crippen LogP contribution in [0.15, 0.2) is 47.4 Å². The number of aromatic amines is 1.